The molecule has 0 N–H and O–H groups in total. The molecule has 138 valence electrons. The van der Waals surface area contributed by atoms with Gasteiger partial charge in [0.1, 0.15) is 6.61 Å². The van der Waals surface area contributed by atoms with E-state index in [2.05, 4.69) is 4.98 Å². The van der Waals surface area contributed by atoms with Crippen molar-refractivity contribution in [2.75, 3.05) is 13.1 Å². The Bertz CT molecular complexity index is 739. The van der Waals surface area contributed by atoms with E-state index in [0.717, 1.165) is 31.5 Å². The molecule has 1 amide bonds. The van der Waals surface area contributed by atoms with Crippen molar-refractivity contribution < 1.29 is 9.53 Å². The minimum atomic E-state index is 0.0389. The van der Waals surface area contributed by atoms with E-state index >= 15 is 0 Å². The quantitative estimate of drug-likeness (QED) is 0.701. The number of pyridine rings is 1. The number of aromatic nitrogens is 1. The number of rotatable bonds is 4. The van der Waals surface area contributed by atoms with Gasteiger partial charge in [0.2, 0.25) is 0 Å². The highest BCUT2D eigenvalue weighted by Crippen LogP contribution is 2.32. The van der Waals surface area contributed by atoms with Gasteiger partial charge in [-0.1, -0.05) is 48.5 Å². The fraction of sp³-hybridized carbons (Fsp3) is 0.400. The summed E-state index contributed by atoms with van der Waals surface area (Å²) < 4.78 is 5.74. The van der Waals surface area contributed by atoms with Gasteiger partial charge in [-0.2, -0.15) is 0 Å². The molecule has 0 atom stereocenters. The molecule has 0 saturated carbocycles. The highest BCUT2D eigenvalue weighted by molar-refractivity contribution is 6.37. The van der Waals surface area contributed by atoms with Crippen LogP contribution in [-0.2, 0) is 6.61 Å². The summed E-state index contributed by atoms with van der Waals surface area (Å²) in [7, 11) is 0. The van der Waals surface area contributed by atoms with Crippen LogP contribution in [0.1, 0.15) is 48.0 Å². The Morgan fingerprint density at radius 3 is 2.38 bits per heavy atom. The van der Waals surface area contributed by atoms with Gasteiger partial charge in [-0.25, -0.2) is 0 Å². The molecule has 1 saturated heterocycles. The zero-order valence-electron chi connectivity index (χ0n) is 14.6. The molecule has 0 bridgehead atoms. The predicted molar refractivity (Wildman–Crippen MR) is 104 cm³/mol. The topological polar surface area (TPSA) is 42.4 Å². The van der Waals surface area contributed by atoms with Gasteiger partial charge >= 0.3 is 0 Å². The predicted octanol–water partition coefficient (Wildman–Crippen LogP) is 5.37. The van der Waals surface area contributed by atoms with Crippen molar-refractivity contribution in [2.24, 2.45) is 0 Å². The zero-order valence-corrected chi connectivity index (χ0v) is 16.1. The maximum atomic E-state index is 12.8. The molecule has 0 radical (unpaired) electrons. The smallest absolute Gasteiger partial charge is 0.255 e. The number of hydrogen-bond acceptors (Lipinski definition) is 3. The number of halogens is 2. The normalized spacial score (nSPS) is 15.2. The van der Waals surface area contributed by atoms with Gasteiger partial charge in [0.05, 0.1) is 15.6 Å². The second-order valence-electron chi connectivity index (χ2n) is 6.48. The third kappa shape index (κ3) is 4.89. The molecule has 1 aromatic heterocycles. The standard InChI is InChI=1S/C20H22Cl2N2O2/c21-17-7-6-8-18(22)19(17)26-14-15-11-16(13-23-12-15)20(25)24-9-4-2-1-3-5-10-24/h6-8,11-13H,1-5,9-10,14H2. The zero-order chi connectivity index (χ0) is 18.4. The molecule has 0 spiro atoms. The molecule has 1 aliphatic heterocycles. The minimum Gasteiger partial charge on any atom is -0.486 e. The van der Waals surface area contributed by atoms with Gasteiger partial charge in [0.15, 0.2) is 5.75 Å². The summed E-state index contributed by atoms with van der Waals surface area (Å²) in [6.07, 6.45) is 9.08. The lowest BCUT2D eigenvalue weighted by molar-refractivity contribution is 0.0742. The van der Waals surface area contributed by atoms with Crippen LogP contribution in [0.2, 0.25) is 10.0 Å². The first kappa shape index (κ1) is 19.0. The van der Waals surface area contributed by atoms with Gasteiger partial charge < -0.3 is 9.64 Å². The highest BCUT2D eigenvalue weighted by Gasteiger charge is 2.17. The summed E-state index contributed by atoms with van der Waals surface area (Å²) in [5.74, 6) is 0.480. The molecule has 26 heavy (non-hydrogen) atoms. The van der Waals surface area contributed by atoms with E-state index in [1.54, 1.807) is 30.6 Å². The van der Waals surface area contributed by atoms with Crippen LogP contribution >= 0.6 is 23.2 Å². The van der Waals surface area contributed by atoms with E-state index < -0.39 is 0 Å². The van der Waals surface area contributed by atoms with Crippen molar-refractivity contribution in [3.8, 4) is 5.75 Å². The lowest BCUT2D eigenvalue weighted by Gasteiger charge is -2.24. The number of hydrogen-bond donors (Lipinski definition) is 0. The van der Waals surface area contributed by atoms with Crippen molar-refractivity contribution in [1.82, 2.24) is 9.88 Å². The summed E-state index contributed by atoms with van der Waals surface area (Å²) in [4.78, 5) is 18.9. The Morgan fingerprint density at radius 2 is 1.69 bits per heavy atom. The number of carbonyl (C=O) groups excluding carboxylic acids is 1. The lowest BCUT2D eigenvalue weighted by atomic mass is 10.1. The van der Waals surface area contributed by atoms with Crippen molar-refractivity contribution in [3.05, 3.63) is 57.8 Å². The summed E-state index contributed by atoms with van der Waals surface area (Å²) in [5.41, 5.74) is 1.40. The molecular weight excluding hydrogens is 371 g/mol. The Hall–Kier alpha value is -1.78. The van der Waals surface area contributed by atoms with Crippen molar-refractivity contribution >= 4 is 29.1 Å². The fourth-order valence-electron chi connectivity index (χ4n) is 3.09. The summed E-state index contributed by atoms with van der Waals surface area (Å²) in [6.45, 7) is 1.88. The summed E-state index contributed by atoms with van der Waals surface area (Å²) in [6, 6.07) is 7.05. The number of carbonyl (C=O) groups is 1. The second kappa shape index (κ2) is 9.24. The molecule has 1 aliphatic rings. The minimum absolute atomic E-state index is 0.0389. The number of ether oxygens (including phenoxy) is 1. The number of likely N-dealkylation sites (tertiary alicyclic amines) is 1. The third-order valence-electron chi connectivity index (χ3n) is 4.49. The molecule has 1 fully saturated rings. The molecule has 3 rings (SSSR count). The molecule has 1 aromatic carbocycles. The maximum absolute atomic E-state index is 12.8. The van der Waals surface area contributed by atoms with Crippen LogP contribution in [0.4, 0.5) is 0 Å². The maximum Gasteiger partial charge on any atom is 0.255 e. The van der Waals surface area contributed by atoms with Gasteiger partial charge in [-0.15, -0.1) is 0 Å². The van der Waals surface area contributed by atoms with E-state index in [1.165, 1.54) is 19.3 Å². The Kier molecular flexibility index (Phi) is 6.75. The van der Waals surface area contributed by atoms with Crippen molar-refractivity contribution in [1.29, 1.82) is 0 Å². The van der Waals surface area contributed by atoms with Crippen LogP contribution in [0.3, 0.4) is 0 Å². The van der Waals surface area contributed by atoms with Gasteiger partial charge in [0.25, 0.3) is 5.91 Å². The average Bonchev–Trinajstić information content (AvgIpc) is 2.61. The first-order valence-electron chi connectivity index (χ1n) is 8.95. The third-order valence-corrected chi connectivity index (χ3v) is 5.08. The fourth-order valence-corrected chi connectivity index (χ4v) is 3.60. The Morgan fingerprint density at radius 1 is 1.04 bits per heavy atom. The largest absolute Gasteiger partial charge is 0.486 e. The number of amides is 1. The molecular formula is C20H22Cl2N2O2. The van der Waals surface area contributed by atoms with Gasteiger partial charge in [-0.3, -0.25) is 9.78 Å². The Balaban J connectivity index is 1.68. The van der Waals surface area contributed by atoms with Gasteiger partial charge in [0, 0.05) is 31.0 Å². The molecule has 0 aliphatic carbocycles. The summed E-state index contributed by atoms with van der Waals surface area (Å²) >= 11 is 12.2. The van der Waals surface area contributed by atoms with Crippen molar-refractivity contribution in [3.63, 3.8) is 0 Å². The number of benzene rings is 1. The van der Waals surface area contributed by atoms with Crippen LogP contribution in [0.15, 0.2) is 36.7 Å². The lowest BCUT2D eigenvalue weighted by Crippen LogP contribution is -2.33. The van der Waals surface area contributed by atoms with Crippen LogP contribution < -0.4 is 4.74 Å². The van der Waals surface area contributed by atoms with E-state index in [9.17, 15) is 4.79 Å². The number of nitrogens with zero attached hydrogens (tertiary/aromatic N) is 2. The second-order valence-corrected chi connectivity index (χ2v) is 7.30. The van der Waals surface area contributed by atoms with E-state index in [1.807, 2.05) is 11.0 Å². The van der Waals surface area contributed by atoms with E-state index in [0.29, 0.717) is 21.4 Å². The van der Waals surface area contributed by atoms with Crippen LogP contribution in [0.5, 0.6) is 5.75 Å². The van der Waals surface area contributed by atoms with Crippen LogP contribution in [0, 0.1) is 0 Å². The van der Waals surface area contributed by atoms with Gasteiger partial charge in [-0.05, 0) is 31.0 Å². The van der Waals surface area contributed by atoms with E-state index in [4.69, 9.17) is 27.9 Å². The molecule has 4 nitrogen and oxygen atoms in total. The monoisotopic (exact) mass is 392 g/mol. The Labute approximate surface area is 164 Å². The number of para-hydroxylation sites is 1. The first-order valence-corrected chi connectivity index (χ1v) is 9.71. The average molecular weight is 393 g/mol. The molecule has 6 heteroatoms. The SMILES string of the molecule is O=C(c1cncc(COc2c(Cl)cccc2Cl)c1)N1CCCCCCC1. The summed E-state index contributed by atoms with van der Waals surface area (Å²) in [5, 5.41) is 0.914. The van der Waals surface area contributed by atoms with Crippen LogP contribution in [-0.4, -0.2) is 28.9 Å². The van der Waals surface area contributed by atoms with Crippen LogP contribution in [0.25, 0.3) is 0 Å². The van der Waals surface area contributed by atoms with Crippen molar-refractivity contribution in [2.45, 2.75) is 38.7 Å². The molecule has 2 heterocycles. The molecule has 0 unspecified atom stereocenters. The molecule has 2 aromatic rings. The highest BCUT2D eigenvalue weighted by atomic mass is 35.5. The first-order chi connectivity index (χ1) is 12.6. The van der Waals surface area contributed by atoms with E-state index in [-0.39, 0.29) is 12.5 Å².